The van der Waals surface area contributed by atoms with Crippen molar-refractivity contribution in [3.63, 3.8) is 0 Å². The fourth-order valence-corrected chi connectivity index (χ4v) is 2.26. The zero-order valence-corrected chi connectivity index (χ0v) is 11.8. The molecular weight excluding hydrogens is 257 g/mol. The molecule has 1 aromatic rings. The molecule has 0 heterocycles. The SMILES string of the molecule is CCNC(CCOC)Cc1ccc(Cl)cc1Cl. The zero-order valence-electron chi connectivity index (χ0n) is 10.3. The van der Waals surface area contributed by atoms with Gasteiger partial charge in [-0.1, -0.05) is 36.2 Å². The maximum Gasteiger partial charge on any atom is 0.0477 e. The van der Waals surface area contributed by atoms with Crippen LogP contribution in [0.25, 0.3) is 0 Å². The van der Waals surface area contributed by atoms with E-state index in [1.807, 2.05) is 12.1 Å². The molecule has 1 unspecified atom stereocenters. The molecule has 0 aromatic heterocycles. The predicted octanol–water partition coefficient (Wildman–Crippen LogP) is 3.55. The van der Waals surface area contributed by atoms with Gasteiger partial charge in [0.05, 0.1) is 0 Å². The number of methoxy groups -OCH3 is 1. The minimum atomic E-state index is 0.388. The smallest absolute Gasteiger partial charge is 0.0477 e. The molecule has 1 atom stereocenters. The van der Waals surface area contributed by atoms with E-state index in [1.165, 1.54) is 0 Å². The van der Waals surface area contributed by atoms with E-state index in [1.54, 1.807) is 13.2 Å². The Balaban J connectivity index is 2.64. The number of rotatable bonds is 7. The third-order valence-corrected chi connectivity index (χ3v) is 3.23. The standard InChI is InChI=1S/C13H19Cl2NO/c1-3-16-12(6-7-17-2)8-10-4-5-11(14)9-13(10)15/h4-5,9,12,16H,3,6-8H2,1-2H3. The fourth-order valence-electron chi connectivity index (χ4n) is 1.78. The molecule has 0 bridgehead atoms. The number of benzene rings is 1. The van der Waals surface area contributed by atoms with Crippen molar-refractivity contribution in [1.82, 2.24) is 5.32 Å². The van der Waals surface area contributed by atoms with E-state index in [0.717, 1.165) is 36.6 Å². The first-order chi connectivity index (χ1) is 8.17. The summed E-state index contributed by atoms with van der Waals surface area (Å²) in [5.74, 6) is 0. The van der Waals surface area contributed by atoms with Gasteiger partial charge in [0.25, 0.3) is 0 Å². The summed E-state index contributed by atoms with van der Waals surface area (Å²) in [5.41, 5.74) is 1.12. The first kappa shape index (κ1) is 14.8. The van der Waals surface area contributed by atoms with Crippen molar-refractivity contribution in [2.24, 2.45) is 0 Å². The van der Waals surface area contributed by atoms with Crippen LogP contribution >= 0.6 is 23.2 Å². The van der Waals surface area contributed by atoms with Gasteiger partial charge in [-0.05, 0) is 37.1 Å². The molecule has 0 saturated heterocycles. The van der Waals surface area contributed by atoms with Crippen molar-refractivity contribution in [1.29, 1.82) is 0 Å². The molecule has 0 aliphatic carbocycles. The van der Waals surface area contributed by atoms with Gasteiger partial charge in [-0.2, -0.15) is 0 Å². The minimum Gasteiger partial charge on any atom is -0.385 e. The molecule has 0 amide bonds. The zero-order chi connectivity index (χ0) is 12.7. The van der Waals surface area contributed by atoms with Gasteiger partial charge in [0.2, 0.25) is 0 Å². The van der Waals surface area contributed by atoms with E-state index in [-0.39, 0.29) is 0 Å². The second-order valence-corrected chi connectivity index (χ2v) is 4.82. The number of halogens is 2. The Morgan fingerprint density at radius 3 is 2.71 bits per heavy atom. The van der Waals surface area contributed by atoms with Crippen LogP contribution in [0, 0.1) is 0 Å². The van der Waals surface area contributed by atoms with E-state index < -0.39 is 0 Å². The van der Waals surface area contributed by atoms with E-state index in [2.05, 4.69) is 12.2 Å². The van der Waals surface area contributed by atoms with Crippen molar-refractivity contribution >= 4 is 23.2 Å². The Labute approximate surface area is 113 Å². The highest BCUT2D eigenvalue weighted by atomic mass is 35.5. The van der Waals surface area contributed by atoms with Gasteiger partial charge in [0, 0.05) is 29.8 Å². The maximum absolute atomic E-state index is 6.16. The largest absolute Gasteiger partial charge is 0.385 e. The Hall–Kier alpha value is -0.280. The van der Waals surface area contributed by atoms with Crippen LogP contribution in [0.3, 0.4) is 0 Å². The van der Waals surface area contributed by atoms with Gasteiger partial charge >= 0.3 is 0 Å². The third-order valence-electron chi connectivity index (χ3n) is 2.64. The van der Waals surface area contributed by atoms with Crippen molar-refractivity contribution < 1.29 is 4.74 Å². The average molecular weight is 276 g/mol. The highest BCUT2D eigenvalue weighted by Gasteiger charge is 2.10. The highest BCUT2D eigenvalue weighted by molar-refractivity contribution is 6.35. The molecule has 0 saturated carbocycles. The van der Waals surface area contributed by atoms with Crippen LogP contribution in [-0.4, -0.2) is 26.3 Å². The fraction of sp³-hybridized carbons (Fsp3) is 0.538. The third kappa shape index (κ3) is 5.26. The van der Waals surface area contributed by atoms with Crippen LogP contribution in [0.15, 0.2) is 18.2 Å². The molecule has 17 heavy (non-hydrogen) atoms. The summed E-state index contributed by atoms with van der Waals surface area (Å²) in [4.78, 5) is 0. The van der Waals surface area contributed by atoms with Gasteiger partial charge in [-0.3, -0.25) is 0 Å². The molecule has 0 aliphatic heterocycles. The lowest BCUT2D eigenvalue weighted by Crippen LogP contribution is -2.32. The number of hydrogen-bond donors (Lipinski definition) is 1. The molecule has 1 aromatic carbocycles. The molecule has 0 spiro atoms. The van der Waals surface area contributed by atoms with Crippen molar-refractivity contribution in [2.45, 2.75) is 25.8 Å². The van der Waals surface area contributed by atoms with Gasteiger partial charge in [-0.15, -0.1) is 0 Å². The summed E-state index contributed by atoms with van der Waals surface area (Å²) in [6, 6.07) is 6.04. The van der Waals surface area contributed by atoms with Crippen LogP contribution in [0.1, 0.15) is 18.9 Å². The predicted molar refractivity (Wildman–Crippen MR) is 74.1 cm³/mol. The summed E-state index contributed by atoms with van der Waals surface area (Å²) in [7, 11) is 1.72. The number of ether oxygens (including phenoxy) is 1. The lowest BCUT2D eigenvalue weighted by atomic mass is 10.0. The van der Waals surface area contributed by atoms with Crippen LogP contribution in [-0.2, 0) is 11.2 Å². The van der Waals surface area contributed by atoms with Crippen molar-refractivity contribution in [3.05, 3.63) is 33.8 Å². The lowest BCUT2D eigenvalue weighted by molar-refractivity contribution is 0.183. The van der Waals surface area contributed by atoms with Gasteiger partial charge in [-0.25, -0.2) is 0 Å². The Bertz CT molecular complexity index is 344. The van der Waals surface area contributed by atoms with E-state index in [9.17, 15) is 0 Å². The van der Waals surface area contributed by atoms with Gasteiger partial charge < -0.3 is 10.1 Å². The topological polar surface area (TPSA) is 21.3 Å². The maximum atomic E-state index is 6.16. The first-order valence-electron chi connectivity index (χ1n) is 5.83. The monoisotopic (exact) mass is 275 g/mol. The number of nitrogens with one attached hydrogen (secondary N) is 1. The Morgan fingerprint density at radius 1 is 1.35 bits per heavy atom. The Kier molecular flexibility index (Phi) is 6.90. The normalized spacial score (nSPS) is 12.7. The molecule has 1 rings (SSSR count). The number of hydrogen-bond acceptors (Lipinski definition) is 2. The molecule has 0 aliphatic rings. The van der Waals surface area contributed by atoms with Gasteiger partial charge in [0.15, 0.2) is 0 Å². The van der Waals surface area contributed by atoms with Crippen LogP contribution in [0.5, 0.6) is 0 Å². The van der Waals surface area contributed by atoms with E-state index in [4.69, 9.17) is 27.9 Å². The van der Waals surface area contributed by atoms with Gasteiger partial charge in [0.1, 0.15) is 0 Å². The molecule has 96 valence electrons. The molecular formula is C13H19Cl2NO. The lowest BCUT2D eigenvalue weighted by Gasteiger charge is -2.18. The second-order valence-electron chi connectivity index (χ2n) is 3.98. The number of likely N-dealkylation sites (N-methyl/N-ethyl adjacent to an activating group) is 1. The average Bonchev–Trinajstić information content (AvgIpc) is 2.29. The van der Waals surface area contributed by atoms with Crippen molar-refractivity contribution in [3.8, 4) is 0 Å². The summed E-state index contributed by atoms with van der Waals surface area (Å²) in [6.45, 7) is 3.80. The second kappa shape index (κ2) is 7.93. The molecule has 2 nitrogen and oxygen atoms in total. The summed E-state index contributed by atoms with van der Waals surface area (Å²) < 4.78 is 5.11. The van der Waals surface area contributed by atoms with Crippen LogP contribution in [0.2, 0.25) is 10.0 Å². The van der Waals surface area contributed by atoms with E-state index >= 15 is 0 Å². The molecule has 0 radical (unpaired) electrons. The quantitative estimate of drug-likeness (QED) is 0.822. The summed E-state index contributed by atoms with van der Waals surface area (Å²) in [6.07, 6.45) is 1.87. The summed E-state index contributed by atoms with van der Waals surface area (Å²) in [5, 5.41) is 4.85. The van der Waals surface area contributed by atoms with E-state index in [0.29, 0.717) is 11.1 Å². The molecule has 1 N–H and O–H groups in total. The summed E-state index contributed by atoms with van der Waals surface area (Å²) >= 11 is 12.0. The molecule has 0 fully saturated rings. The first-order valence-corrected chi connectivity index (χ1v) is 6.59. The highest BCUT2D eigenvalue weighted by Crippen LogP contribution is 2.22. The van der Waals surface area contributed by atoms with Crippen LogP contribution in [0.4, 0.5) is 0 Å². The minimum absolute atomic E-state index is 0.388. The van der Waals surface area contributed by atoms with Crippen LogP contribution < -0.4 is 5.32 Å². The Morgan fingerprint density at radius 2 is 2.12 bits per heavy atom. The molecule has 4 heteroatoms. The van der Waals surface area contributed by atoms with Crippen molar-refractivity contribution in [2.75, 3.05) is 20.3 Å².